The van der Waals surface area contributed by atoms with Crippen LogP contribution < -0.4 is 4.74 Å². The van der Waals surface area contributed by atoms with Gasteiger partial charge in [-0.1, -0.05) is 24.3 Å². The lowest BCUT2D eigenvalue weighted by molar-refractivity contribution is -0.121. The van der Waals surface area contributed by atoms with E-state index in [4.69, 9.17) is 4.74 Å². The molecule has 1 heterocycles. The predicted octanol–water partition coefficient (Wildman–Crippen LogP) is 6.59. The van der Waals surface area contributed by atoms with Gasteiger partial charge in [0.1, 0.15) is 12.4 Å². The van der Waals surface area contributed by atoms with Crippen LogP contribution in [0.2, 0.25) is 0 Å². The zero-order valence-electron chi connectivity index (χ0n) is 18.7. The fourth-order valence-corrected chi connectivity index (χ4v) is 5.77. The summed E-state index contributed by atoms with van der Waals surface area (Å²) < 4.78 is 7.33. The van der Waals surface area contributed by atoms with Crippen LogP contribution in [0.1, 0.15) is 27.0 Å². The van der Waals surface area contributed by atoms with Gasteiger partial charge < -0.3 is 9.84 Å². The Balaban J connectivity index is 1.55. The number of aliphatic imine (C=N–C) groups is 1. The quantitative estimate of drug-likeness (QED) is 0.310. The second kappa shape index (κ2) is 11.1. The highest BCUT2D eigenvalue weighted by atomic mass is 79.9. The fourth-order valence-electron chi connectivity index (χ4n) is 3.33. The maximum atomic E-state index is 12.8. The number of thioether (sulfide) groups is 1. The van der Waals surface area contributed by atoms with Gasteiger partial charge in [0.15, 0.2) is 5.17 Å². The second-order valence-corrected chi connectivity index (χ2v) is 10.3. The zero-order chi connectivity index (χ0) is 25.8. The molecule has 1 fully saturated rings. The number of ether oxygens (including phenoxy) is 1. The molecule has 0 radical (unpaired) electrons. The van der Waals surface area contributed by atoms with Crippen molar-refractivity contribution in [1.29, 1.82) is 5.26 Å². The molecule has 7 nitrogen and oxygen atoms in total. The molecule has 0 aliphatic carbocycles. The molecule has 36 heavy (non-hydrogen) atoms. The van der Waals surface area contributed by atoms with Gasteiger partial charge >= 0.3 is 5.97 Å². The average Bonchev–Trinajstić information content (AvgIpc) is 3.11. The van der Waals surface area contributed by atoms with E-state index in [0.29, 0.717) is 36.0 Å². The first-order chi connectivity index (χ1) is 17.3. The predicted molar refractivity (Wildman–Crippen MR) is 146 cm³/mol. The van der Waals surface area contributed by atoms with Gasteiger partial charge in [0.2, 0.25) is 0 Å². The lowest BCUT2D eigenvalue weighted by Gasteiger charge is -2.12. The lowest BCUT2D eigenvalue weighted by Crippen LogP contribution is -2.23. The molecule has 0 aromatic heterocycles. The number of carbonyl (C=O) groups is 2. The van der Waals surface area contributed by atoms with Gasteiger partial charge in [-0.15, -0.1) is 0 Å². The van der Waals surface area contributed by atoms with E-state index in [-0.39, 0.29) is 18.1 Å². The minimum absolute atomic E-state index is 0.123. The Morgan fingerprint density at radius 1 is 1.17 bits per heavy atom. The van der Waals surface area contributed by atoms with E-state index in [2.05, 4.69) is 42.9 Å². The van der Waals surface area contributed by atoms with Crippen LogP contribution >= 0.6 is 43.6 Å². The summed E-state index contributed by atoms with van der Waals surface area (Å²) in [4.78, 5) is 30.4. The minimum Gasteiger partial charge on any atom is -0.486 e. The highest BCUT2D eigenvalue weighted by molar-refractivity contribution is 9.11. The molecule has 1 aliphatic heterocycles. The summed E-state index contributed by atoms with van der Waals surface area (Å²) in [5.74, 6) is -0.680. The molecule has 0 spiro atoms. The van der Waals surface area contributed by atoms with Crippen molar-refractivity contribution in [2.45, 2.75) is 6.61 Å². The first-order valence-electron chi connectivity index (χ1n) is 10.5. The van der Waals surface area contributed by atoms with Crippen LogP contribution in [-0.4, -0.2) is 34.1 Å². The number of amides is 1. The largest absolute Gasteiger partial charge is 0.486 e. The molecule has 1 saturated heterocycles. The molecule has 1 N–H and O–H groups in total. The third kappa shape index (κ3) is 5.70. The Hall–Kier alpha value is -3.39. The average molecular weight is 627 g/mol. The molecule has 1 amide bonds. The molecule has 3 aromatic rings. The second-order valence-electron chi connectivity index (χ2n) is 7.60. The lowest BCUT2D eigenvalue weighted by atomic mass is 10.1. The summed E-state index contributed by atoms with van der Waals surface area (Å²) in [7, 11) is 1.62. The third-order valence-electron chi connectivity index (χ3n) is 5.15. The van der Waals surface area contributed by atoms with Crippen molar-refractivity contribution >= 4 is 72.4 Å². The Kier molecular flexibility index (Phi) is 7.94. The molecule has 0 atom stereocenters. The van der Waals surface area contributed by atoms with Gasteiger partial charge in [0.05, 0.1) is 36.7 Å². The van der Waals surface area contributed by atoms with Crippen molar-refractivity contribution in [2.24, 2.45) is 4.99 Å². The highest BCUT2D eigenvalue weighted by Gasteiger charge is 2.30. The summed E-state index contributed by atoms with van der Waals surface area (Å²) in [6, 6.07) is 19.3. The molecule has 0 bridgehead atoms. The van der Waals surface area contributed by atoms with E-state index in [1.807, 2.05) is 24.3 Å². The summed E-state index contributed by atoms with van der Waals surface area (Å²) in [6.45, 7) is 0.226. The number of rotatable bonds is 6. The van der Waals surface area contributed by atoms with Gasteiger partial charge in [0, 0.05) is 12.6 Å². The van der Waals surface area contributed by atoms with Crippen LogP contribution in [0.4, 0.5) is 5.69 Å². The molecular formula is C26H17Br2N3O4S. The van der Waals surface area contributed by atoms with E-state index in [9.17, 15) is 20.0 Å². The van der Waals surface area contributed by atoms with Crippen LogP contribution in [0, 0.1) is 11.3 Å². The molecule has 3 aromatic carbocycles. The summed E-state index contributed by atoms with van der Waals surface area (Å²) in [6.07, 6.45) is 1.75. The Morgan fingerprint density at radius 3 is 2.58 bits per heavy atom. The SMILES string of the molecule is CN1C(=O)/C(=C/c2cc(Br)c(OCc3ccccc3C#N)c(Br)c2)SC1=Nc1cccc(C(=O)O)c1. The number of nitriles is 1. The van der Waals surface area contributed by atoms with Crippen molar-refractivity contribution in [3.8, 4) is 11.8 Å². The standard InChI is InChI=1S/C26H17Br2N3O4S/c1-31-24(32)22(36-26(31)30-19-8-4-7-16(12-19)25(33)34)11-15-9-20(27)23(21(28)10-15)35-14-18-6-3-2-5-17(18)13-29/h2-12H,14H2,1H3,(H,33,34)/b22-11-,30-26?. The van der Waals surface area contributed by atoms with E-state index < -0.39 is 5.97 Å². The van der Waals surface area contributed by atoms with E-state index in [1.54, 1.807) is 37.4 Å². The van der Waals surface area contributed by atoms with Gasteiger partial charge in [-0.05, 0) is 91.7 Å². The number of carboxylic acids is 1. The number of amidine groups is 1. The summed E-state index contributed by atoms with van der Waals surface area (Å²) in [5.41, 5.74) is 2.67. The van der Waals surface area contributed by atoms with Crippen molar-refractivity contribution in [1.82, 2.24) is 4.90 Å². The molecule has 0 saturated carbocycles. The monoisotopic (exact) mass is 625 g/mol. The maximum absolute atomic E-state index is 12.8. The molecule has 1 aliphatic rings. The van der Waals surface area contributed by atoms with Crippen LogP contribution in [0.15, 0.2) is 79.5 Å². The van der Waals surface area contributed by atoms with E-state index in [1.165, 1.54) is 28.8 Å². The number of nitrogens with zero attached hydrogens (tertiary/aromatic N) is 3. The first-order valence-corrected chi connectivity index (χ1v) is 12.9. The Labute approximate surface area is 228 Å². The third-order valence-corrected chi connectivity index (χ3v) is 7.39. The van der Waals surface area contributed by atoms with Gasteiger partial charge in [-0.25, -0.2) is 9.79 Å². The van der Waals surface area contributed by atoms with E-state index in [0.717, 1.165) is 11.1 Å². The number of benzene rings is 3. The van der Waals surface area contributed by atoms with Crippen LogP contribution in [0.3, 0.4) is 0 Å². The fraction of sp³-hybridized carbons (Fsp3) is 0.0769. The van der Waals surface area contributed by atoms with Crippen molar-refractivity contribution in [3.63, 3.8) is 0 Å². The van der Waals surface area contributed by atoms with Crippen molar-refractivity contribution in [2.75, 3.05) is 7.05 Å². The molecule has 4 rings (SSSR count). The number of halogens is 2. The van der Waals surface area contributed by atoms with E-state index >= 15 is 0 Å². The maximum Gasteiger partial charge on any atom is 0.335 e. The van der Waals surface area contributed by atoms with Gasteiger partial charge in [-0.2, -0.15) is 5.26 Å². The number of carboxylic acid groups (broad SMARTS) is 1. The van der Waals surface area contributed by atoms with Crippen LogP contribution in [0.25, 0.3) is 6.08 Å². The number of likely N-dealkylation sites (N-methyl/N-ethyl adjacent to an activating group) is 1. The number of carbonyl (C=O) groups excluding carboxylic acids is 1. The van der Waals surface area contributed by atoms with Crippen molar-refractivity contribution in [3.05, 3.63) is 96.8 Å². The van der Waals surface area contributed by atoms with Crippen LogP contribution in [0.5, 0.6) is 5.75 Å². The Morgan fingerprint density at radius 2 is 1.89 bits per heavy atom. The first kappa shape index (κ1) is 25.7. The molecule has 180 valence electrons. The normalized spacial score (nSPS) is 15.4. The number of hydrogen-bond donors (Lipinski definition) is 1. The summed E-state index contributed by atoms with van der Waals surface area (Å²) >= 11 is 8.28. The summed E-state index contributed by atoms with van der Waals surface area (Å²) in [5, 5.41) is 18.9. The molecule has 10 heteroatoms. The topological polar surface area (TPSA) is 103 Å². The zero-order valence-corrected chi connectivity index (χ0v) is 22.7. The number of hydrogen-bond acceptors (Lipinski definition) is 6. The molecule has 0 unspecified atom stereocenters. The van der Waals surface area contributed by atoms with Gasteiger partial charge in [0.25, 0.3) is 5.91 Å². The van der Waals surface area contributed by atoms with Gasteiger partial charge in [-0.3, -0.25) is 9.69 Å². The number of aromatic carboxylic acids is 1. The smallest absolute Gasteiger partial charge is 0.335 e. The van der Waals surface area contributed by atoms with Crippen LogP contribution in [-0.2, 0) is 11.4 Å². The van der Waals surface area contributed by atoms with Crippen molar-refractivity contribution < 1.29 is 19.4 Å². The highest BCUT2D eigenvalue weighted by Crippen LogP contribution is 2.38. The molecular weight excluding hydrogens is 610 g/mol. The minimum atomic E-state index is -1.04. The Bertz CT molecular complexity index is 1460.